The molecule has 0 aliphatic carbocycles. The van der Waals surface area contributed by atoms with Crippen molar-refractivity contribution in [2.75, 3.05) is 13.2 Å². The van der Waals surface area contributed by atoms with E-state index in [0.29, 0.717) is 12.5 Å². The van der Waals surface area contributed by atoms with Gasteiger partial charge < -0.3 is 10.4 Å². The van der Waals surface area contributed by atoms with E-state index >= 15 is 0 Å². The van der Waals surface area contributed by atoms with Gasteiger partial charge in [0.25, 0.3) is 5.91 Å². The standard InChI is InChI=1S/C16H21NO2S/c1-3-12(8-9-18)10-17-16(19)15-11(2)13-6-4-5-7-14(13)20-15/h4-7,12,18H,3,8-10H2,1-2H3,(H,17,19). The number of benzene rings is 1. The van der Waals surface area contributed by atoms with Gasteiger partial charge in [0.2, 0.25) is 0 Å². The Labute approximate surface area is 123 Å². The lowest BCUT2D eigenvalue weighted by atomic mass is 10.0. The van der Waals surface area contributed by atoms with Gasteiger partial charge in [0, 0.05) is 17.9 Å². The predicted molar refractivity (Wildman–Crippen MR) is 84.4 cm³/mol. The minimum Gasteiger partial charge on any atom is -0.396 e. The molecule has 0 fully saturated rings. The van der Waals surface area contributed by atoms with Crippen LogP contribution in [0.2, 0.25) is 0 Å². The van der Waals surface area contributed by atoms with E-state index in [1.807, 2.05) is 25.1 Å². The summed E-state index contributed by atoms with van der Waals surface area (Å²) in [6, 6.07) is 8.09. The maximum atomic E-state index is 12.3. The maximum absolute atomic E-state index is 12.3. The molecule has 1 atom stereocenters. The number of amides is 1. The van der Waals surface area contributed by atoms with Gasteiger partial charge in [-0.05, 0) is 36.3 Å². The summed E-state index contributed by atoms with van der Waals surface area (Å²) in [6.07, 6.45) is 1.70. The van der Waals surface area contributed by atoms with E-state index < -0.39 is 0 Å². The van der Waals surface area contributed by atoms with Crippen LogP contribution in [-0.2, 0) is 0 Å². The maximum Gasteiger partial charge on any atom is 0.261 e. The molecule has 1 aromatic heterocycles. The lowest BCUT2D eigenvalue weighted by Gasteiger charge is -2.14. The molecule has 20 heavy (non-hydrogen) atoms. The first kappa shape index (κ1) is 15.0. The van der Waals surface area contributed by atoms with Crippen LogP contribution in [0.25, 0.3) is 10.1 Å². The van der Waals surface area contributed by atoms with Gasteiger partial charge in [-0.3, -0.25) is 4.79 Å². The second-order valence-electron chi connectivity index (χ2n) is 5.05. The Kier molecular flexibility index (Phi) is 5.15. The fourth-order valence-corrected chi connectivity index (χ4v) is 3.47. The van der Waals surface area contributed by atoms with Crippen LogP contribution >= 0.6 is 11.3 Å². The zero-order chi connectivity index (χ0) is 14.5. The first-order chi connectivity index (χ1) is 9.67. The van der Waals surface area contributed by atoms with Crippen LogP contribution in [0.15, 0.2) is 24.3 Å². The number of thiophene rings is 1. The fourth-order valence-electron chi connectivity index (χ4n) is 2.34. The van der Waals surface area contributed by atoms with E-state index in [2.05, 4.69) is 18.3 Å². The largest absolute Gasteiger partial charge is 0.396 e. The van der Waals surface area contributed by atoms with Gasteiger partial charge in [0.05, 0.1) is 4.88 Å². The molecule has 1 heterocycles. The minimum absolute atomic E-state index is 0.0000831. The fraction of sp³-hybridized carbons (Fsp3) is 0.438. The molecule has 0 bridgehead atoms. The topological polar surface area (TPSA) is 49.3 Å². The van der Waals surface area contributed by atoms with Crippen molar-refractivity contribution < 1.29 is 9.90 Å². The molecule has 0 radical (unpaired) electrons. The van der Waals surface area contributed by atoms with E-state index in [1.165, 1.54) is 0 Å². The molecule has 2 rings (SSSR count). The second-order valence-corrected chi connectivity index (χ2v) is 6.10. The van der Waals surface area contributed by atoms with E-state index in [1.54, 1.807) is 11.3 Å². The Morgan fingerprint density at radius 3 is 2.80 bits per heavy atom. The molecule has 108 valence electrons. The number of hydrogen-bond acceptors (Lipinski definition) is 3. The number of hydrogen-bond donors (Lipinski definition) is 2. The van der Waals surface area contributed by atoms with Crippen LogP contribution < -0.4 is 5.32 Å². The van der Waals surface area contributed by atoms with Crippen LogP contribution in [0, 0.1) is 12.8 Å². The third-order valence-electron chi connectivity index (χ3n) is 3.72. The molecule has 1 amide bonds. The van der Waals surface area contributed by atoms with Crippen molar-refractivity contribution in [2.24, 2.45) is 5.92 Å². The van der Waals surface area contributed by atoms with Gasteiger partial charge in [-0.2, -0.15) is 0 Å². The summed E-state index contributed by atoms with van der Waals surface area (Å²) in [5.74, 6) is 0.346. The van der Waals surface area contributed by atoms with E-state index in [4.69, 9.17) is 5.11 Å². The summed E-state index contributed by atoms with van der Waals surface area (Å²) in [5.41, 5.74) is 1.05. The highest BCUT2D eigenvalue weighted by Crippen LogP contribution is 2.30. The molecule has 0 saturated heterocycles. The third kappa shape index (κ3) is 3.19. The first-order valence-corrected chi connectivity index (χ1v) is 7.86. The Balaban J connectivity index is 2.09. The summed E-state index contributed by atoms with van der Waals surface area (Å²) in [5, 5.41) is 13.1. The molecule has 0 aliphatic heterocycles. The average molecular weight is 291 g/mol. The van der Waals surface area contributed by atoms with Crippen molar-refractivity contribution in [1.82, 2.24) is 5.32 Å². The monoisotopic (exact) mass is 291 g/mol. The number of nitrogens with one attached hydrogen (secondary N) is 1. The van der Waals surface area contributed by atoms with Gasteiger partial charge in [-0.1, -0.05) is 31.5 Å². The van der Waals surface area contributed by atoms with E-state index in [9.17, 15) is 4.79 Å². The molecule has 2 aromatic rings. The average Bonchev–Trinajstić information content (AvgIpc) is 2.81. The molecule has 1 aromatic carbocycles. The number of carbonyl (C=O) groups excluding carboxylic acids is 1. The van der Waals surface area contributed by atoms with Crippen LogP contribution in [-0.4, -0.2) is 24.2 Å². The minimum atomic E-state index is 0.0000831. The lowest BCUT2D eigenvalue weighted by molar-refractivity contribution is 0.0947. The van der Waals surface area contributed by atoms with E-state index in [-0.39, 0.29) is 12.5 Å². The summed E-state index contributed by atoms with van der Waals surface area (Å²) in [4.78, 5) is 13.1. The normalized spacial score (nSPS) is 12.6. The Morgan fingerprint density at radius 1 is 1.40 bits per heavy atom. The molecule has 2 N–H and O–H groups in total. The van der Waals surface area contributed by atoms with Gasteiger partial charge >= 0.3 is 0 Å². The van der Waals surface area contributed by atoms with Crippen molar-refractivity contribution in [1.29, 1.82) is 0 Å². The lowest BCUT2D eigenvalue weighted by Crippen LogP contribution is -2.29. The second kappa shape index (κ2) is 6.86. The summed E-state index contributed by atoms with van der Waals surface area (Å²) in [6.45, 7) is 4.88. The van der Waals surface area contributed by atoms with Crippen molar-refractivity contribution in [3.63, 3.8) is 0 Å². The SMILES string of the molecule is CCC(CCO)CNC(=O)c1sc2ccccc2c1C. The van der Waals surface area contributed by atoms with Crippen LogP contribution in [0.1, 0.15) is 35.0 Å². The Morgan fingerprint density at radius 2 is 2.15 bits per heavy atom. The summed E-state index contributed by atoms with van der Waals surface area (Å²) < 4.78 is 1.15. The number of rotatable bonds is 6. The third-order valence-corrected chi connectivity index (χ3v) is 4.99. The van der Waals surface area contributed by atoms with Crippen LogP contribution in [0.5, 0.6) is 0 Å². The van der Waals surface area contributed by atoms with Crippen molar-refractivity contribution >= 4 is 27.3 Å². The van der Waals surface area contributed by atoms with E-state index in [0.717, 1.165) is 33.4 Å². The molecular formula is C16H21NO2S. The molecule has 0 spiro atoms. The molecule has 0 aliphatic rings. The zero-order valence-corrected chi connectivity index (χ0v) is 12.8. The Bertz CT molecular complexity index is 591. The molecule has 3 nitrogen and oxygen atoms in total. The molecule has 1 unspecified atom stereocenters. The van der Waals surface area contributed by atoms with Gasteiger partial charge in [-0.15, -0.1) is 11.3 Å². The predicted octanol–water partition coefficient (Wildman–Crippen LogP) is 3.35. The number of carbonyl (C=O) groups is 1. The molecule has 0 saturated carbocycles. The summed E-state index contributed by atoms with van der Waals surface area (Å²) in [7, 11) is 0. The number of fused-ring (bicyclic) bond motifs is 1. The highest BCUT2D eigenvalue weighted by Gasteiger charge is 2.16. The van der Waals surface area contributed by atoms with Gasteiger partial charge in [0.15, 0.2) is 0 Å². The first-order valence-electron chi connectivity index (χ1n) is 7.04. The number of aryl methyl sites for hydroxylation is 1. The van der Waals surface area contributed by atoms with Crippen LogP contribution in [0.4, 0.5) is 0 Å². The van der Waals surface area contributed by atoms with Crippen molar-refractivity contribution in [2.45, 2.75) is 26.7 Å². The highest BCUT2D eigenvalue weighted by molar-refractivity contribution is 7.21. The molecule has 4 heteroatoms. The van der Waals surface area contributed by atoms with Crippen molar-refractivity contribution in [3.8, 4) is 0 Å². The quantitative estimate of drug-likeness (QED) is 0.857. The highest BCUT2D eigenvalue weighted by atomic mass is 32.1. The van der Waals surface area contributed by atoms with Crippen LogP contribution in [0.3, 0.4) is 0 Å². The summed E-state index contributed by atoms with van der Waals surface area (Å²) >= 11 is 1.54. The Hall–Kier alpha value is -1.39. The molecular weight excluding hydrogens is 270 g/mol. The van der Waals surface area contributed by atoms with Crippen molar-refractivity contribution in [3.05, 3.63) is 34.7 Å². The zero-order valence-electron chi connectivity index (χ0n) is 12.0. The number of aliphatic hydroxyl groups is 1. The smallest absolute Gasteiger partial charge is 0.261 e. The van der Waals surface area contributed by atoms with Gasteiger partial charge in [-0.25, -0.2) is 0 Å². The van der Waals surface area contributed by atoms with Gasteiger partial charge in [0.1, 0.15) is 0 Å². The number of aliphatic hydroxyl groups excluding tert-OH is 1.